The maximum Gasteiger partial charge on any atom is 0.308 e. The highest BCUT2D eigenvalue weighted by atomic mass is 16.6. The number of amides is 2. The van der Waals surface area contributed by atoms with E-state index in [9.17, 15) is 24.5 Å². The Kier molecular flexibility index (Phi) is 6.94. The highest BCUT2D eigenvalue weighted by molar-refractivity contribution is 6.10. The molecule has 1 heterocycles. The van der Waals surface area contributed by atoms with Gasteiger partial charge in [-0.1, -0.05) is 48.5 Å². The number of nitrogens with zero attached hydrogens (tertiary/aromatic N) is 3. The molecule has 0 spiro atoms. The number of rotatable bonds is 6. The molecule has 0 bridgehead atoms. The zero-order valence-corrected chi connectivity index (χ0v) is 21.4. The topological polar surface area (TPSA) is 140 Å². The minimum absolute atomic E-state index is 0.108. The predicted octanol–water partition coefficient (Wildman–Crippen LogP) is 5.16. The van der Waals surface area contributed by atoms with E-state index in [2.05, 4.69) is 10.4 Å². The van der Waals surface area contributed by atoms with Crippen LogP contribution in [0.5, 0.6) is 5.75 Å². The minimum Gasteiger partial charge on any atom is -0.446 e. The largest absolute Gasteiger partial charge is 0.446 e. The van der Waals surface area contributed by atoms with Gasteiger partial charge >= 0.3 is 5.97 Å². The SMILES string of the molecule is CC(=O)Oc1ccc2ccccc2c1C1=NN(C(C)=O)[C@H](c2ccc(NC(=O)c3cccc([N+](=O)[O-])c3)cc2)O1. The Morgan fingerprint density at radius 3 is 2.42 bits per heavy atom. The summed E-state index contributed by atoms with van der Waals surface area (Å²) >= 11 is 0. The van der Waals surface area contributed by atoms with Crippen LogP contribution in [0.3, 0.4) is 0 Å². The molecule has 4 aromatic carbocycles. The number of ether oxygens (including phenoxy) is 2. The van der Waals surface area contributed by atoms with Gasteiger partial charge in [0, 0.05) is 42.8 Å². The lowest BCUT2D eigenvalue weighted by Gasteiger charge is -2.20. The van der Waals surface area contributed by atoms with Crippen molar-refractivity contribution in [2.45, 2.75) is 20.1 Å². The molecule has 0 aliphatic carbocycles. The maximum absolute atomic E-state index is 12.6. The van der Waals surface area contributed by atoms with Gasteiger partial charge in [0.15, 0.2) is 0 Å². The summed E-state index contributed by atoms with van der Waals surface area (Å²) in [4.78, 5) is 47.4. The van der Waals surface area contributed by atoms with Crippen molar-refractivity contribution >= 4 is 45.8 Å². The number of fused-ring (bicyclic) bond motifs is 1. The number of non-ortho nitro benzene ring substituents is 1. The standard InChI is InChI=1S/C29H22N4O7/c1-17(34)32-29(20-10-13-22(14-11-20)30-27(36)21-7-5-8-23(16-21)33(37)38)40-28(31-32)26-24-9-4-3-6-19(24)12-15-25(26)39-18(2)35/h3-16,29H,1-2H3,(H,30,36)/t29-/m0/s1. The van der Waals surface area contributed by atoms with E-state index in [0.29, 0.717) is 16.8 Å². The summed E-state index contributed by atoms with van der Waals surface area (Å²) < 4.78 is 11.6. The number of nitrogens with one attached hydrogen (secondary N) is 1. The highest BCUT2D eigenvalue weighted by Crippen LogP contribution is 2.36. The number of anilines is 1. The number of nitro benzene ring substituents is 1. The first-order valence-corrected chi connectivity index (χ1v) is 12.1. The lowest BCUT2D eigenvalue weighted by atomic mass is 10.0. The molecule has 200 valence electrons. The first kappa shape index (κ1) is 26.0. The fourth-order valence-electron chi connectivity index (χ4n) is 4.29. The maximum atomic E-state index is 12.6. The predicted molar refractivity (Wildman–Crippen MR) is 146 cm³/mol. The van der Waals surface area contributed by atoms with Gasteiger partial charge in [-0.3, -0.25) is 24.5 Å². The average molecular weight is 539 g/mol. The van der Waals surface area contributed by atoms with Gasteiger partial charge < -0.3 is 14.8 Å². The van der Waals surface area contributed by atoms with Gasteiger partial charge in [-0.2, -0.15) is 5.01 Å². The smallest absolute Gasteiger partial charge is 0.308 e. The number of carbonyl (C=O) groups excluding carboxylic acids is 3. The van der Waals surface area contributed by atoms with Crippen molar-refractivity contribution < 1.29 is 28.8 Å². The molecule has 0 fully saturated rings. The summed E-state index contributed by atoms with van der Waals surface area (Å²) in [7, 11) is 0. The Morgan fingerprint density at radius 2 is 1.73 bits per heavy atom. The van der Waals surface area contributed by atoms with E-state index in [0.717, 1.165) is 10.8 Å². The fraction of sp³-hybridized carbons (Fsp3) is 0.103. The van der Waals surface area contributed by atoms with Gasteiger partial charge in [-0.05, 0) is 35.0 Å². The highest BCUT2D eigenvalue weighted by Gasteiger charge is 2.35. The van der Waals surface area contributed by atoms with E-state index in [1.54, 1.807) is 30.3 Å². The monoisotopic (exact) mass is 538 g/mol. The van der Waals surface area contributed by atoms with Crippen LogP contribution in [0, 0.1) is 10.1 Å². The Labute approximate surface area is 227 Å². The third-order valence-corrected chi connectivity index (χ3v) is 6.10. The van der Waals surface area contributed by atoms with Crippen LogP contribution in [0.4, 0.5) is 11.4 Å². The third-order valence-electron chi connectivity index (χ3n) is 6.10. The Morgan fingerprint density at radius 1 is 0.975 bits per heavy atom. The van der Waals surface area contributed by atoms with E-state index in [-0.39, 0.29) is 28.8 Å². The van der Waals surface area contributed by atoms with Crippen LogP contribution in [0.25, 0.3) is 10.8 Å². The van der Waals surface area contributed by atoms with Crippen LogP contribution in [-0.2, 0) is 14.3 Å². The molecule has 1 aliphatic rings. The molecule has 0 radical (unpaired) electrons. The molecular formula is C29H22N4O7. The van der Waals surface area contributed by atoms with Crippen LogP contribution < -0.4 is 10.1 Å². The van der Waals surface area contributed by atoms with E-state index < -0.39 is 23.0 Å². The number of carbonyl (C=O) groups is 3. The Hall–Kier alpha value is -5.58. The molecule has 1 aliphatic heterocycles. The Balaban J connectivity index is 1.42. The lowest BCUT2D eigenvalue weighted by Crippen LogP contribution is -2.25. The van der Waals surface area contributed by atoms with Crippen molar-refractivity contribution in [3.8, 4) is 5.75 Å². The molecule has 4 aromatic rings. The van der Waals surface area contributed by atoms with Crippen LogP contribution in [-0.4, -0.2) is 33.6 Å². The first-order chi connectivity index (χ1) is 19.2. The molecule has 0 aromatic heterocycles. The van der Waals surface area contributed by atoms with Crippen LogP contribution in [0.2, 0.25) is 0 Å². The van der Waals surface area contributed by atoms with E-state index in [4.69, 9.17) is 9.47 Å². The molecule has 1 atom stereocenters. The lowest BCUT2D eigenvalue weighted by molar-refractivity contribution is -0.384. The van der Waals surface area contributed by atoms with Gasteiger partial charge in [0.1, 0.15) is 5.75 Å². The molecule has 11 nitrogen and oxygen atoms in total. The zero-order valence-electron chi connectivity index (χ0n) is 21.4. The zero-order chi connectivity index (χ0) is 28.4. The summed E-state index contributed by atoms with van der Waals surface area (Å²) in [5, 5.41) is 20.9. The average Bonchev–Trinajstić information content (AvgIpc) is 3.38. The molecule has 2 amide bonds. The van der Waals surface area contributed by atoms with Gasteiger partial charge in [0.2, 0.25) is 18.0 Å². The quantitative estimate of drug-likeness (QED) is 0.155. The summed E-state index contributed by atoms with van der Waals surface area (Å²) in [6.45, 7) is 2.65. The summed E-state index contributed by atoms with van der Waals surface area (Å²) in [6, 6.07) is 22.9. The van der Waals surface area contributed by atoms with E-state index in [1.165, 1.54) is 43.1 Å². The van der Waals surface area contributed by atoms with Gasteiger partial charge in [0.25, 0.3) is 11.6 Å². The summed E-state index contributed by atoms with van der Waals surface area (Å²) in [5.41, 5.74) is 1.38. The normalized spacial score (nSPS) is 14.3. The van der Waals surface area contributed by atoms with E-state index in [1.807, 2.05) is 30.3 Å². The first-order valence-electron chi connectivity index (χ1n) is 12.1. The van der Waals surface area contributed by atoms with Crippen molar-refractivity contribution in [3.05, 3.63) is 112 Å². The van der Waals surface area contributed by atoms with Gasteiger partial charge in [0.05, 0.1) is 10.5 Å². The van der Waals surface area contributed by atoms with Crippen molar-refractivity contribution in [1.82, 2.24) is 5.01 Å². The number of hydrogen-bond acceptors (Lipinski definition) is 8. The van der Waals surface area contributed by atoms with Gasteiger partial charge in [-0.25, -0.2) is 0 Å². The number of nitro groups is 1. The Bertz CT molecular complexity index is 1700. The summed E-state index contributed by atoms with van der Waals surface area (Å²) in [6.07, 6.45) is -0.918. The molecule has 1 N–H and O–H groups in total. The molecule has 11 heteroatoms. The molecular weight excluding hydrogens is 516 g/mol. The van der Waals surface area contributed by atoms with Crippen LogP contribution in [0.1, 0.15) is 41.6 Å². The van der Waals surface area contributed by atoms with Crippen LogP contribution in [0.15, 0.2) is 90.0 Å². The number of esters is 1. The number of hydrogen-bond donors (Lipinski definition) is 1. The second-order valence-corrected chi connectivity index (χ2v) is 8.88. The minimum atomic E-state index is -0.918. The van der Waals surface area contributed by atoms with E-state index >= 15 is 0 Å². The fourth-order valence-corrected chi connectivity index (χ4v) is 4.29. The second kappa shape index (κ2) is 10.7. The van der Waals surface area contributed by atoms with Crippen LogP contribution >= 0.6 is 0 Å². The third kappa shape index (κ3) is 5.20. The molecule has 0 saturated heterocycles. The number of hydrazone groups is 1. The molecule has 0 saturated carbocycles. The van der Waals surface area contributed by atoms with Crippen molar-refractivity contribution in [2.75, 3.05) is 5.32 Å². The summed E-state index contributed by atoms with van der Waals surface area (Å²) in [5.74, 6) is -1.06. The molecule has 0 unspecified atom stereocenters. The van der Waals surface area contributed by atoms with Crippen molar-refractivity contribution in [2.24, 2.45) is 5.10 Å². The number of benzene rings is 4. The molecule has 40 heavy (non-hydrogen) atoms. The molecule has 5 rings (SSSR count). The van der Waals surface area contributed by atoms with Gasteiger partial charge in [-0.15, -0.1) is 5.10 Å². The second-order valence-electron chi connectivity index (χ2n) is 8.88. The van der Waals surface area contributed by atoms with Crippen molar-refractivity contribution in [3.63, 3.8) is 0 Å². The van der Waals surface area contributed by atoms with Crippen molar-refractivity contribution in [1.29, 1.82) is 0 Å².